The van der Waals surface area contributed by atoms with Crippen LogP contribution in [0.2, 0.25) is 0 Å². The highest BCUT2D eigenvalue weighted by atomic mass is 14.2. The van der Waals surface area contributed by atoms with Crippen LogP contribution in [0.5, 0.6) is 0 Å². The highest BCUT2D eigenvalue weighted by molar-refractivity contribution is 6.26. The van der Waals surface area contributed by atoms with Gasteiger partial charge in [-0.1, -0.05) is 182 Å². The summed E-state index contributed by atoms with van der Waals surface area (Å²) in [5.74, 6) is 0. The summed E-state index contributed by atoms with van der Waals surface area (Å²) < 4.78 is 0. The molecule has 0 bridgehead atoms. The van der Waals surface area contributed by atoms with Crippen molar-refractivity contribution in [3.8, 4) is 44.5 Å². The van der Waals surface area contributed by atoms with E-state index in [0.717, 1.165) is 0 Å². The molecule has 0 aliphatic carbocycles. The number of hydrogen-bond donors (Lipinski definition) is 0. The molecule has 0 saturated carbocycles. The Kier molecular flexibility index (Phi) is 6.60. The van der Waals surface area contributed by atoms with Crippen LogP contribution in [0, 0.1) is 0 Å². The summed E-state index contributed by atoms with van der Waals surface area (Å²) in [6, 6.07) is 71.3. The van der Waals surface area contributed by atoms with Gasteiger partial charge >= 0.3 is 0 Å². The van der Waals surface area contributed by atoms with Gasteiger partial charge in [-0.25, -0.2) is 0 Å². The van der Waals surface area contributed by atoms with Gasteiger partial charge in [-0.2, -0.15) is 0 Å². The lowest BCUT2D eigenvalue weighted by atomic mass is 9.83. The first kappa shape index (κ1) is 28.5. The van der Waals surface area contributed by atoms with Crippen LogP contribution in [-0.2, 0) is 0 Å². The number of rotatable bonds is 4. The van der Waals surface area contributed by atoms with Crippen LogP contribution in [0.15, 0.2) is 194 Å². The maximum Gasteiger partial charge on any atom is -0.00201 e. The molecule has 0 unspecified atom stereocenters. The molecule has 0 spiro atoms. The van der Waals surface area contributed by atoms with Crippen LogP contribution >= 0.6 is 0 Å². The third-order valence-corrected chi connectivity index (χ3v) is 10.4. The number of benzene rings is 10. The minimum absolute atomic E-state index is 1.22. The van der Waals surface area contributed by atoms with Crippen molar-refractivity contribution >= 4 is 53.9 Å². The van der Waals surface area contributed by atoms with Crippen LogP contribution in [0.4, 0.5) is 0 Å². The van der Waals surface area contributed by atoms with Crippen LogP contribution in [-0.4, -0.2) is 0 Å². The van der Waals surface area contributed by atoms with Gasteiger partial charge in [0, 0.05) is 0 Å². The molecule has 0 nitrogen and oxygen atoms in total. The topological polar surface area (TPSA) is 0 Å². The van der Waals surface area contributed by atoms with Crippen LogP contribution in [0.1, 0.15) is 0 Å². The minimum Gasteiger partial charge on any atom is -0.0622 e. The van der Waals surface area contributed by atoms with Gasteiger partial charge < -0.3 is 0 Å². The van der Waals surface area contributed by atoms with E-state index < -0.39 is 0 Å². The molecule has 10 aromatic rings. The Labute approximate surface area is 291 Å². The summed E-state index contributed by atoms with van der Waals surface area (Å²) in [6.45, 7) is 0. The Morgan fingerprint density at radius 2 is 0.600 bits per heavy atom. The largest absolute Gasteiger partial charge is 0.0622 e. The Hall–Kier alpha value is -6.50. The van der Waals surface area contributed by atoms with Crippen molar-refractivity contribution in [2.75, 3.05) is 0 Å². The molecule has 0 fully saturated rings. The fourth-order valence-electron chi connectivity index (χ4n) is 8.24. The quantitative estimate of drug-likeness (QED) is 0.134. The first-order chi connectivity index (χ1) is 24.8. The predicted octanol–water partition coefficient (Wildman–Crippen LogP) is 14.1. The lowest BCUT2D eigenvalue weighted by Crippen LogP contribution is -1.93. The zero-order valence-corrected chi connectivity index (χ0v) is 27.5. The summed E-state index contributed by atoms with van der Waals surface area (Å²) in [7, 11) is 0. The maximum absolute atomic E-state index is 2.41. The molecule has 0 aliphatic rings. The summed E-state index contributed by atoms with van der Waals surface area (Å²) in [6.07, 6.45) is 0. The zero-order chi connectivity index (χ0) is 33.0. The average molecular weight is 633 g/mol. The molecule has 0 radical (unpaired) electrons. The fraction of sp³-hybridized carbons (Fsp3) is 0. The Morgan fingerprint density at radius 3 is 1.20 bits per heavy atom. The van der Waals surface area contributed by atoms with E-state index in [1.165, 1.54) is 98.4 Å². The van der Waals surface area contributed by atoms with E-state index in [1.807, 2.05) is 0 Å². The molecular weight excluding hydrogens is 601 g/mol. The molecule has 0 aliphatic heterocycles. The van der Waals surface area contributed by atoms with Crippen molar-refractivity contribution in [1.82, 2.24) is 0 Å². The monoisotopic (exact) mass is 632 g/mol. The first-order valence-corrected chi connectivity index (χ1v) is 17.4. The molecule has 0 N–H and O–H groups in total. The molecule has 0 atom stereocenters. The summed E-state index contributed by atoms with van der Waals surface area (Å²) in [4.78, 5) is 0. The molecule has 10 aromatic carbocycles. The van der Waals surface area contributed by atoms with Crippen molar-refractivity contribution in [2.45, 2.75) is 0 Å². The van der Waals surface area contributed by atoms with Gasteiger partial charge in [0.25, 0.3) is 0 Å². The molecule has 0 heterocycles. The molecular formula is C50H32. The zero-order valence-electron chi connectivity index (χ0n) is 27.5. The van der Waals surface area contributed by atoms with E-state index in [9.17, 15) is 0 Å². The van der Waals surface area contributed by atoms with Crippen molar-refractivity contribution in [3.63, 3.8) is 0 Å². The predicted molar refractivity (Wildman–Crippen MR) is 216 cm³/mol. The van der Waals surface area contributed by atoms with Gasteiger partial charge in [0.1, 0.15) is 0 Å². The van der Waals surface area contributed by atoms with Gasteiger partial charge in [-0.15, -0.1) is 0 Å². The van der Waals surface area contributed by atoms with Crippen molar-refractivity contribution in [2.24, 2.45) is 0 Å². The Morgan fingerprint density at radius 1 is 0.180 bits per heavy atom. The molecule has 232 valence electrons. The van der Waals surface area contributed by atoms with Gasteiger partial charge in [0.15, 0.2) is 0 Å². The van der Waals surface area contributed by atoms with Gasteiger partial charge in [0.05, 0.1) is 0 Å². The van der Waals surface area contributed by atoms with Crippen LogP contribution < -0.4 is 0 Å². The average Bonchev–Trinajstić information content (AvgIpc) is 3.20. The third-order valence-electron chi connectivity index (χ3n) is 10.4. The van der Waals surface area contributed by atoms with Crippen molar-refractivity contribution in [1.29, 1.82) is 0 Å². The third kappa shape index (κ3) is 4.46. The van der Waals surface area contributed by atoms with Gasteiger partial charge in [-0.05, 0) is 111 Å². The maximum atomic E-state index is 2.41. The fourth-order valence-corrected chi connectivity index (χ4v) is 8.24. The standard InChI is InChI=1S/C50H32/c1-2-15-33(16-3-1)34-17-14-18-36(31-34)49-44-25-10-12-27-46(44)50(47-28-13-11-26-45(47)49)43-24-9-4-19-37(43)35-29-30-42-40-22-6-5-20-38(40)39-21-7-8-23-41(39)48(42)32-35/h1-32H. The molecule has 10 rings (SSSR count). The van der Waals surface area contributed by atoms with Gasteiger partial charge in [0.2, 0.25) is 0 Å². The van der Waals surface area contributed by atoms with E-state index in [4.69, 9.17) is 0 Å². The van der Waals surface area contributed by atoms with E-state index in [-0.39, 0.29) is 0 Å². The van der Waals surface area contributed by atoms with Crippen molar-refractivity contribution in [3.05, 3.63) is 194 Å². The summed E-state index contributed by atoms with van der Waals surface area (Å²) >= 11 is 0. The van der Waals surface area contributed by atoms with Gasteiger partial charge in [-0.3, -0.25) is 0 Å². The van der Waals surface area contributed by atoms with E-state index in [0.29, 0.717) is 0 Å². The van der Waals surface area contributed by atoms with E-state index in [1.54, 1.807) is 0 Å². The Balaban J connectivity index is 1.24. The van der Waals surface area contributed by atoms with Crippen LogP contribution in [0.3, 0.4) is 0 Å². The van der Waals surface area contributed by atoms with E-state index in [2.05, 4.69) is 194 Å². The normalized spacial score (nSPS) is 11.6. The summed E-state index contributed by atoms with van der Waals surface area (Å²) in [5, 5.41) is 12.8. The highest BCUT2D eigenvalue weighted by Crippen LogP contribution is 2.47. The SMILES string of the molecule is c1ccc(-c2cccc(-c3c4ccccc4c(-c4ccccc4-c4ccc5c6ccccc6c6ccccc6c5c4)c4ccccc34)c2)cc1. The minimum atomic E-state index is 1.22. The lowest BCUT2D eigenvalue weighted by molar-refractivity contribution is 1.61. The molecule has 50 heavy (non-hydrogen) atoms. The smallest absolute Gasteiger partial charge is 0.00201 e. The molecule has 0 amide bonds. The second-order valence-corrected chi connectivity index (χ2v) is 13.2. The first-order valence-electron chi connectivity index (χ1n) is 17.4. The highest BCUT2D eigenvalue weighted by Gasteiger charge is 2.19. The van der Waals surface area contributed by atoms with Crippen molar-refractivity contribution < 1.29 is 0 Å². The Bertz CT molecular complexity index is 2820. The molecule has 0 saturated heterocycles. The van der Waals surface area contributed by atoms with E-state index >= 15 is 0 Å². The molecule has 0 aromatic heterocycles. The summed E-state index contributed by atoms with van der Waals surface area (Å²) in [5.41, 5.74) is 9.94. The van der Waals surface area contributed by atoms with Crippen LogP contribution in [0.25, 0.3) is 98.4 Å². The molecule has 0 heteroatoms. The second-order valence-electron chi connectivity index (χ2n) is 13.2. The second kappa shape index (κ2) is 11.6. The number of hydrogen-bond acceptors (Lipinski definition) is 0. The lowest BCUT2D eigenvalue weighted by Gasteiger charge is -2.20. The number of fused-ring (bicyclic) bond motifs is 8.